The summed E-state index contributed by atoms with van der Waals surface area (Å²) in [4.78, 5) is 105. The first-order valence-electron chi connectivity index (χ1n) is 12.3. The zero-order valence-corrected chi connectivity index (χ0v) is 22.6. The van der Waals surface area contributed by atoms with Gasteiger partial charge < -0.3 is 68.7 Å². The number of aliphatic hydroxyl groups excluding tert-OH is 3. The maximum absolute atomic E-state index is 12.2. The molecule has 0 saturated carbocycles. The number of nitrogens with two attached hydrogens (primary N) is 1. The molecule has 0 aliphatic heterocycles. The van der Waals surface area contributed by atoms with Crippen LogP contribution in [0.2, 0.25) is 0 Å². The molecular weight excluding hydrogens is 586 g/mol. The normalized spacial score (nSPS) is 12.3. The van der Waals surface area contributed by atoms with Gasteiger partial charge in [0.2, 0.25) is 47.3 Å². The van der Waals surface area contributed by atoms with Crippen LogP contribution in [0.25, 0.3) is 0 Å². The summed E-state index contributed by atoms with van der Waals surface area (Å²) in [6.45, 7) is -6.36. The smallest absolute Gasteiger partial charge is 0.322 e. The van der Waals surface area contributed by atoms with Gasteiger partial charge in [-0.05, 0) is 0 Å². The van der Waals surface area contributed by atoms with Gasteiger partial charge in [0, 0.05) is 0 Å². The van der Waals surface area contributed by atoms with Crippen molar-refractivity contribution in [2.75, 3.05) is 59.1 Å². The van der Waals surface area contributed by atoms with Gasteiger partial charge in [0.05, 0.1) is 52.5 Å². The molecule has 14 N–H and O–H groups in total. The van der Waals surface area contributed by atoms with E-state index in [2.05, 4.69) is 37.2 Å². The predicted octanol–water partition coefficient (Wildman–Crippen LogP) is -9.96. The Kier molecular flexibility index (Phi) is 18.5. The minimum Gasteiger partial charge on any atom is -0.480 e. The Morgan fingerprint density at radius 3 is 1.12 bits per heavy atom. The monoisotopic (exact) mass is 621 g/mol. The molecule has 0 saturated heterocycles. The van der Waals surface area contributed by atoms with Gasteiger partial charge in [0.15, 0.2) is 0 Å². The second kappa shape index (κ2) is 20.9. The third kappa shape index (κ3) is 17.5. The molecule has 0 fully saturated rings. The molecule has 8 amide bonds. The average molecular weight is 622 g/mol. The Bertz CT molecular complexity index is 1040. The van der Waals surface area contributed by atoms with Crippen LogP contribution < -0.4 is 48.3 Å². The molecule has 0 aliphatic rings. The van der Waals surface area contributed by atoms with E-state index in [1.54, 1.807) is 0 Å². The van der Waals surface area contributed by atoms with Crippen LogP contribution in [0.4, 0.5) is 0 Å². The van der Waals surface area contributed by atoms with Crippen molar-refractivity contribution in [3.8, 4) is 0 Å². The van der Waals surface area contributed by atoms with Gasteiger partial charge in [-0.3, -0.25) is 43.2 Å². The van der Waals surface area contributed by atoms with Crippen LogP contribution in [0.5, 0.6) is 0 Å². The standard InChI is InChI=1S/C21H35N9O13/c22-10(7-31)19(41)26-1-13(34)23-4-16(37)29-11(8-32)20(42)27-2-14(35)24-5-17(38)30-12(9-33)21(43)28-3-15(36)25-6-18(39)40/h10-12,31-33H,1-9,22H2,(H,23,34)(H,24,35)(H,25,36)(H,26,41)(H,27,42)(H,28,43)(H,29,37)(H,30,38)(H,39,40)/t10-,11-,12-/m0/s1. The zero-order valence-electron chi connectivity index (χ0n) is 22.6. The first kappa shape index (κ1) is 38.1. The van der Waals surface area contributed by atoms with Crippen molar-refractivity contribution >= 4 is 53.2 Å². The summed E-state index contributed by atoms with van der Waals surface area (Å²) in [5.74, 6) is -8.50. The van der Waals surface area contributed by atoms with Crippen LogP contribution in [-0.4, -0.2) is 151 Å². The average Bonchev–Trinajstić information content (AvgIpc) is 2.98. The van der Waals surface area contributed by atoms with Crippen molar-refractivity contribution < 1.29 is 63.6 Å². The second-order valence-corrected chi connectivity index (χ2v) is 8.27. The molecule has 0 aromatic rings. The maximum Gasteiger partial charge on any atom is 0.322 e. The number of hydrogen-bond acceptors (Lipinski definition) is 13. The van der Waals surface area contributed by atoms with E-state index < -0.39 is 130 Å². The summed E-state index contributed by atoms with van der Waals surface area (Å²) in [7, 11) is 0. The first-order valence-corrected chi connectivity index (χ1v) is 12.3. The van der Waals surface area contributed by atoms with Crippen LogP contribution in [-0.2, 0) is 43.2 Å². The summed E-state index contributed by atoms with van der Waals surface area (Å²) in [5.41, 5.74) is 5.25. The fraction of sp³-hybridized carbons (Fsp3) is 0.571. The third-order valence-electron chi connectivity index (χ3n) is 4.80. The summed E-state index contributed by atoms with van der Waals surface area (Å²) in [6.07, 6.45) is 0. The summed E-state index contributed by atoms with van der Waals surface area (Å²) in [6, 6.07) is -4.28. The van der Waals surface area contributed by atoms with Crippen molar-refractivity contribution in [1.82, 2.24) is 42.5 Å². The van der Waals surface area contributed by atoms with E-state index in [-0.39, 0.29) is 0 Å². The quantitative estimate of drug-likeness (QED) is 0.0600. The van der Waals surface area contributed by atoms with Gasteiger partial charge in [-0.25, -0.2) is 0 Å². The summed E-state index contributed by atoms with van der Waals surface area (Å²) in [5, 5.41) is 52.5. The lowest BCUT2D eigenvalue weighted by Crippen LogP contribution is -2.54. The lowest BCUT2D eigenvalue weighted by Gasteiger charge is -2.17. The van der Waals surface area contributed by atoms with Crippen molar-refractivity contribution in [2.45, 2.75) is 18.1 Å². The molecule has 0 radical (unpaired) electrons. The van der Waals surface area contributed by atoms with Gasteiger partial charge in [0.1, 0.15) is 24.7 Å². The Labute approximate surface area is 242 Å². The Morgan fingerprint density at radius 1 is 0.465 bits per heavy atom. The fourth-order valence-corrected chi connectivity index (χ4v) is 2.56. The number of amides is 8. The summed E-state index contributed by atoms with van der Waals surface area (Å²) >= 11 is 0. The molecule has 3 atom stereocenters. The molecule has 0 aliphatic carbocycles. The molecule has 0 bridgehead atoms. The van der Waals surface area contributed by atoms with Crippen LogP contribution in [0.1, 0.15) is 0 Å². The highest BCUT2D eigenvalue weighted by atomic mass is 16.4. The largest absolute Gasteiger partial charge is 0.480 e. The number of carbonyl (C=O) groups is 9. The molecule has 0 aromatic heterocycles. The summed E-state index contributed by atoms with van der Waals surface area (Å²) < 4.78 is 0. The molecule has 0 spiro atoms. The van der Waals surface area contributed by atoms with E-state index in [0.29, 0.717) is 0 Å². The molecule has 22 nitrogen and oxygen atoms in total. The van der Waals surface area contributed by atoms with Crippen LogP contribution in [0.15, 0.2) is 0 Å². The van der Waals surface area contributed by atoms with Gasteiger partial charge in [0.25, 0.3) is 0 Å². The molecule has 0 rings (SSSR count). The highest BCUT2D eigenvalue weighted by Gasteiger charge is 2.23. The number of carboxylic acids is 1. The number of nitrogens with one attached hydrogen (secondary N) is 8. The number of carbonyl (C=O) groups excluding carboxylic acids is 8. The van der Waals surface area contributed by atoms with Gasteiger partial charge in [-0.15, -0.1) is 0 Å². The number of hydrogen-bond donors (Lipinski definition) is 13. The van der Waals surface area contributed by atoms with E-state index in [4.69, 9.17) is 15.9 Å². The van der Waals surface area contributed by atoms with E-state index in [1.165, 1.54) is 0 Å². The maximum atomic E-state index is 12.2. The molecular formula is C21H35N9O13. The fourth-order valence-electron chi connectivity index (χ4n) is 2.56. The number of rotatable bonds is 20. The molecule has 242 valence electrons. The van der Waals surface area contributed by atoms with Crippen LogP contribution in [0, 0.1) is 0 Å². The Hall–Kier alpha value is -4.93. The highest BCUT2D eigenvalue weighted by molar-refractivity contribution is 5.94. The Morgan fingerprint density at radius 2 is 0.791 bits per heavy atom. The van der Waals surface area contributed by atoms with Crippen LogP contribution in [0.3, 0.4) is 0 Å². The van der Waals surface area contributed by atoms with E-state index in [0.717, 1.165) is 0 Å². The van der Waals surface area contributed by atoms with E-state index >= 15 is 0 Å². The molecule has 0 heterocycles. The van der Waals surface area contributed by atoms with Gasteiger partial charge in [-0.2, -0.15) is 0 Å². The molecule has 22 heteroatoms. The Balaban J connectivity index is 4.44. The predicted molar refractivity (Wildman–Crippen MR) is 139 cm³/mol. The highest BCUT2D eigenvalue weighted by Crippen LogP contribution is 1.86. The molecule has 0 unspecified atom stereocenters. The number of aliphatic carboxylic acids is 1. The van der Waals surface area contributed by atoms with Crippen LogP contribution >= 0.6 is 0 Å². The first-order chi connectivity index (χ1) is 20.2. The lowest BCUT2D eigenvalue weighted by atomic mass is 10.2. The van der Waals surface area contributed by atoms with Crippen molar-refractivity contribution in [1.29, 1.82) is 0 Å². The zero-order chi connectivity index (χ0) is 32.9. The van der Waals surface area contributed by atoms with Crippen molar-refractivity contribution in [2.24, 2.45) is 5.73 Å². The SMILES string of the molecule is N[C@@H](CO)C(=O)NCC(=O)NCC(=O)N[C@@H](CO)C(=O)NCC(=O)NCC(=O)N[C@@H](CO)C(=O)NCC(=O)NCC(=O)O. The van der Waals surface area contributed by atoms with Gasteiger partial charge >= 0.3 is 5.97 Å². The van der Waals surface area contributed by atoms with Gasteiger partial charge in [-0.1, -0.05) is 0 Å². The minimum absolute atomic E-state index is 0.556. The lowest BCUT2D eigenvalue weighted by molar-refractivity contribution is -0.138. The topological polar surface area (TPSA) is 357 Å². The molecule has 43 heavy (non-hydrogen) atoms. The minimum atomic E-state index is -1.53. The van der Waals surface area contributed by atoms with E-state index in [9.17, 15) is 53.4 Å². The van der Waals surface area contributed by atoms with E-state index in [1.807, 2.05) is 5.32 Å². The van der Waals surface area contributed by atoms with Crippen molar-refractivity contribution in [3.63, 3.8) is 0 Å². The number of carboxylic acid groups (broad SMARTS) is 1. The second-order valence-electron chi connectivity index (χ2n) is 8.27. The van der Waals surface area contributed by atoms with Crippen molar-refractivity contribution in [3.05, 3.63) is 0 Å². The molecule has 0 aromatic carbocycles. The third-order valence-corrected chi connectivity index (χ3v) is 4.80. The number of aliphatic hydroxyl groups is 3.